The Balaban J connectivity index is 1.67. The number of carbonyl (C=O) groups is 2. The lowest BCUT2D eigenvalue weighted by Gasteiger charge is -2.21. The van der Waals surface area contributed by atoms with Gasteiger partial charge in [-0.05, 0) is 35.4 Å². The molecule has 0 saturated heterocycles. The summed E-state index contributed by atoms with van der Waals surface area (Å²) in [5.41, 5.74) is 3.32. The number of hydrogen-bond acceptors (Lipinski definition) is 4. The minimum Gasteiger partial charge on any atom is -0.496 e. The Bertz CT molecular complexity index is 1050. The van der Waals surface area contributed by atoms with Crippen LogP contribution in [0.3, 0.4) is 0 Å². The van der Waals surface area contributed by atoms with E-state index >= 15 is 0 Å². The summed E-state index contributed by atoms with van der Waals surface area (Å²) in [5.74, 6) is 0.349. The first-order chi connectivity index (χ1) is 13.7. The number of benzene rings is 3. The van der Waals surface area contributed by atoms with Crippen LogP contribution in [0.15, 0.2) is 66.7 Å². The topological polar surface area (TPSA) is 76.7 Å². The summed E-state index contributed by atoms with van der Waals surface area (Å²) in [6.45, 7) is -0.0906. The van der Waals surface area contributed by atoms with Crippen molar-refractivity contribution in [3.63, 3.8) is 0 Å². The Kier molecular flexibility index (Phi) is 4.68. The smallest absolute Gasteiger partial charge is 0.262 e. The molecule has 0 atom stereocenters. The van der Waals surface area contributed by atoms with Gasteiger partial charge in [0.15, 0.2) is 12.4 Å². The number of carbonyl (C=O) groups excluding carboxylic acids is 2. The number of ether oxygens (including phenoxy) is 2. The second kappa shape index (κ2) is 7.44. The molecule has 1 aliphatic heterocycles. The van der Waals surface area contributed by atoms with Crippen molar-refractivity contribution in [2.24, 2.45) is 0 Å². The molecule has 3 aromatic rings. The van der Waals surface area contributed by atoms with Crippen molar-refractivity contribution in [3.8, 4) is 22.6 Å². The third kappa shape index (κ3) is 3.40. The summed E-state index contributed by atoms with van der Waals surface area (Å²) in [7, 11) is 1.53. The Morgan fingerprint density at radius 2 is 1.86 bits per heavy atom. The van der Waals surface area contributed by atoms with Crippen LogP contribution >= 0.6 is 0 Å². The Morgan fingerprint density at radius 1 is 1.04 bits per heavy atom. The number of para-hydroxylation sites is 1. The minimum atomic E-state index is -0.330. The van der Waals surface area contributed by atoms with Gasteiger partial charge in [-0.25, -0.2) is 0 Å². The van der Waals surface area contributed by atoms with Gasteiger partial charge in [-0.1, -0.05) is 42.5 Å². The van der Waals surface area contributed by atoms with E-state index in [1.165, 1.54) is 7.11 Å². The predicted molar refractivity (Wildman–Crippen MR) is 107 cm³/mol. The molecule has 0 radical (unpaired) electrons. The minimum absolute atomic E-state index is 0.0906. The van der Waals surface area contributed by atoms with E-state index in [1.54, 1.807) is 30.3 Å². The van der Waals surface area contributed by atoms with Gasteiger partial charge in [0.2, 0.25) is 0 Å². The average Bonchev–Trinajstić information content (AvgIpc) is 2.73. The van der Waals surface area contributed by atoms with Crippen LogP contribution in [0, 0.1) is 0 Å². The molecule has 0 unspecified atom stereocenters. The molecule has 2 amide bonds. The maximum Gasteiger partial charge on any atom is 0.262 e. The molecular formula is C22H18N2O4. The Hall–Kier alpha value is -3.80. The summed E-state index contributed by atoms with van der Waals surface area (Å²) in [6, 6.07) is 20.5. The molecule has 0 aromatic heterocycles. The molecule has 1 heterocycles. The maximum atomic E-state index is 13.0. The normalized spacial score (nSPS) is 12.4. The van der Waals surface area contributed by atoms with Crippen molar-refractivity contribution in [1.29, 1.82) is 0 Å². The quantitative estimate of drug-likeness (QED) is 0.725. The first kappa shape index (κ1) is 17.6. The monoisotopic (exact) mass is 374 g/mol. The highest BCUT2D eigenvalue weighted by Gasteiger charge is 2.21. The fraction of sp³-hybridized carbons (Fsp3) is 0.0909. The van der Waals surface area contributed by atoms with Crippen LogP contribution in [0.1, 0.15) is 10.4 Å². The third-order valence-electron chi connectivity index (χ3n) is 4.44. The SMILES string of the molecule is COc1ccc(-c2ccccc2)cc1C(=O)Nc1cccc2c1OCC(=O)N2. The maximum absolute atomic E-state index is 13.0. The van der Waals surface area contributed by atoms with Gasteiger partial charge in [0.05, 0.1) is 24.0 Å². The third-order valence-corrected chi connectivity index (χ3v) is 4.44. The molecule has 4 rings (SSSR count). The number of nitrogens with one attached hydrogen (secondary N) is 2. The van der Waals surface area contributed by atoms with E-state index in [2.05, 4.69) is 10.6 Å². The molecule has 0 spiro atoms. The van der Waals surface area contributed by atoms with Crippen molar-refractivity contribution in [2.45, 2.75) is 0 Å². The fourth-order valence-electron chi connectivity index (χ4n) is 3.10. The standard InChI is InChI=1S/C22H18N2O4/c1-27-19-11-10-15(14-6-3-2-4-7-14)12-16(19)22(26)24-18-9-5-8-17-21(18)28-13-20(25)23-17/h2-12H,13H2,1H3,(H,23,25)(H,24,26). The summed E-state index contributed by atoms with van der Waals surface area (Å²) in [5, 5.41) is 5.59. The molecule has 0 fully saturated rings. The fourth-order valence-corrected chi connectivity index (χ4v) is 3.10. The zero-order chi connectivity index (χ0) is 19.5. The molecule has 0 bridgehead atoms. The Morgan fingerprint density at radius 3 is 2.64 bits per heavy atom. The number of anilines is 2. The van der Waals surface area contributed by atoms with Gasteiger partial charge < -0.3 is 20.1 Å². The van der Waals surface area contributed by atoms with Gasteiger partial charge in [0, 0.05) is 0 Å². The van der Waals surface area contributed by atoms with Gasteiger partial charge in [-0.15, -0.1) is 0 Å². The number of hydrogen-bond donors (Lipinski definition) is 2. The molecule has 6 nitrogen and oxygen atoms in total. The number of amides is 2. The van der Waals surface area contributed by atoms with Crippen molar-refractivity contribution >= 4 is 23.2 Å². The van der Waals surface area contributed by atoms with Gasteiger partial charge >= 0.3 is 0 Å². The van der Waals surface area contributed by atoms with Crippen molar-refractivity contribution < 1.29 is 19.1 Å². The molecule has 140 valence electrons. The summed E-state index contributed by atoms with van der Waals surface area (Å²) in [4.78, 5) is 24.5. The van der Waals surface area contributed by atoms with E-state index in [1.807, 2.05) is 36.4 Å². The highest BCUT2D eigenvalue weighted by Crippen LogP contribution is 2.36. The van der Waals surface area contributed by atoms with Crippen LogP contribution in [-0.2, 0) is 4.79 Å². The molecule has 0 aliphatic carbocycles. The lowest BCUT2D eigenvalue weighted by molar-refractivity contribution is -0.118. The largest absolute Gasteiger partial charge is 0.496 e. The molecule has 0 saturated carbocycles. The van der Waals surface area contributed by atoms with Crippen LogP contribution in [0.5, 0.6) is 11.5 Å². The number of methoxy groups -OCH3 is 1. The van der Waals surface area contributed by atoms with E-state index in [-0.39, 0.29) is 18.4 Å². The highest BCUT2D eigenvalue weighted by atomic mass is 16.5. The van der Waals surface area contributed by atoms with E-state index in [9.17, 15) is 9.59 Å². The second-order valence-corrected chi connectivity index (χ2v) is 6.25. The molecule has 3 aromatic carbocycles. The second-order valence-electron chi connectivity index (χ2n) is 6.25. The predicted octanol–water partition coefficient (Wildman–Crippen LogP) is 3.95. The number of rotatable bonds is 4. The highest BCUT2D eigenvalue weighted by molar-refractivity contribution is 6.08. The Labute approximate surface area is 162 Å². The molecular weight excluding hydrogens is 356 g/mol. The molecule has 28 heavy (non-hydrogen) atoms. The van der Waals surface area contributed by atoms with Gasteiger partial charge in [0.25, 0.3) is 11.8 Å². The van der Waals surface area contributed by atoms with Crippen molar-refractivity contribution in [2.75, 3.05) is 24.4 Å². The van der Waals surface area contributed by atoms with Crippen LogP contribution in [0.2, 0.25) is 0 Å². The van der Waals surface area contributed by atoms with Gasteiger partial charge in [-0.3, -0.25) is 9.59 Å². The van der Waals surface area contributed by atoms with Crippen molar-refractivity contribution in [3.05, 3.63) is 72.3 Å². The molecule has 6 heteroatoms. The average molecular weight is 374 g/mol. The summed E-state index contributed by atoms with van der Waals surface area (Å²) in [6.07, 6.45) is 0. The number of fused-ring (bicyclic) bond motifs is 1. The van der Waals surface area contributed by atoms with Gasteiger partial charge in [0.1, 0.15) is 5.75 Å². The lowest BCUT2D eigenvalue weighted by atomic mass is 10.0. The lowest BCUT2D eigenvalue weighted by Crippen LogP contribution is -2.26. The first-order valence-corrected chi connectivity index (χ1v) is 8.76. The van der Waals surface area contributed by atoms with Crippen LogP contribution < -0.4 is 20.1 Å². The zero-order valence-electron chi connectivity index (χ0n) is 15.2. The summed E-state index contributed by atoms with van der Waals surface area (Å²) >= 11 is 0. The van der Waals surface area contributed by atoms with E-state index < -0.39 is 0 Å². The van der Waals surface area contributed by atoms with Crippen LogP contribution in [0.25, 0.3) is 11.1 Å². The zero-order valence-corrected chi connectivity index (χ0v) is 15.2. The molecule has 1 aliphatic rings. The molecule has 2 N–H and O–H groups in total. The van der Waals surface area contributed by atoms with E-state index in [4.69, 9.17) is 9.47 Å². The van der Waals surface area contributed by atoms with Gasteiger partial charge in [-0.2, -0.15) is 0 Å². The van der Waals surface area contributed by atoms with Crippen LogP contribution in [-0.4, -0.2) is 25.5 Å². The van der Waals surface area contributed by atoms with E-state index in [0.29, 0.717) is 28.4 Å². The van der Waals surface area contributed by atoms with E-state index in [0.717, 1.165) is 11.1 Å². The first-order valence-electron chi connectivity index (χ1n) is 8.76. The van der Waals surface area contributed by atoms with Crippen molar-refractivity contribution in [1.82, 2.24) is 0 Å². The summed E-state index contributed by atoms with van der Waals surface area (Å²) < 4.78 is 10.9. The van der Waals surface area contributed by atoms with Crippen LogP contribution in [0.4, 0.5) is 11.4 Å².